The Balaban J connectivity index is 2.22. The van der Waals surface area contributed by atoms with Gasteiger partial charge in [0.05, 0.1) is 32.5 Å². The van der Waals surface area contributed by atoms with E-state index in [4.69, 9.17) is 18.9 Å². The van der Waals surface area contributed by atoms with Gasteiger partial charge >= 0.3 is 11.9 Å². The number of esters is 2. The lowest BCUT2D eigenvalue weighted by Crippen LogP contribution is -2.43. The molecule has 1 N–H and O–H groups in total. The minimum atomic E-state index is -0.946. The molecule has 3 rings (SSSR count). The van der Waals surface area contributed by atoms with Crippen LogP contribution in [0.5, 0.6) is 11.5 Å². The molecule has 0 radical (unpaired) electrons. The van der Waals surface area contributed by atoms with Gasteiger partial charge in [0.15, 0.2) is 17.3 Å². The SMILES string of the molecule is CCOc1ccc([C@@H]2C(C(=O)OC(C)C)=C(C)NC3=C2C(=O)[C@@H](C(=O)OC)[C@H](C)C3)cc1OC. The lowest BCUT2D eigenvalue weighted by Gasteiger charge is -2.38. The molecule has 1 aliphatic heterocycles. The fourth-order valence-corrected chi connectivity index (χ4v) is 4.70. The van der Waals surface area contributed by atoms with Crippen LogP contribution in [0.1, 0.15) is 52.5 Å². The van der Waals surface area contributed by atoms with Crippen LogP contribution in [0.4, 0.5) is 0 Å². The van der Waals surface area contributed by atoms with E-state index in [9.17, 15) is 14.4 Å². The van der Waals surface area contributed by atoms with E-state index in [-0.39, 0.29) is 17.8 Å². The third-order valence-electron chi connectivity index (χ3n) is 6.13. The summed E-state index contributed by atoms with van der Waals surface area (Å²) >= 11 is 0. The fraction of sp³-hybridized carbons (Fsp3) is 0.500. The molecule has 0 spiro atoms. The lowest BCUT2D eigenvalue weighted by molar-refractivity contribution is -0.151. The molecule has 0 unspecified atom stereocenters. The summed E-state index contributed by atoms with van der Waals surface area (Å²) in [5.41, 5.74) is 2.68. The van der Waals surface area contributed by atoms with Crippen molar-refractivity contribution in [3.63, 3.8) is 0 Å². The van der Waals surface area contributed by atoms with Crippen molar-refractivity contribution in [1.82, 2.24) is 5.32 Å². The van der Waals surface area contributed by atoms with Crippen LogP contribution in [-0.2, 0) is 23.9 Å². The molecule has 2 aliphatic rings. The van der Waals surface area contributed by atoms with Gasteiger partial charge in [-0.05, 0) is 57.7 Å². The van der Waals surface area contributed by atoms with Gasteiger partial charge in [-0.25, -0.2) is 4.79 Å². The van der Waals surface area contributed by atoms with Gasteiger partial charge in [-0.2, -0.15) is 0 Å². The van der Waals surface area contributed by atoms with Crippen molar-refractivity contribution in [1.29, 1.82) is 0 Å². The number of hydrogen-bond donors (Lipinski definition) is 1. The number of benzene rings is 1. The normalized spacial score (nSPS) is 22.2. The summed E-state index contributed by atoms with van der Waals surface area (Å²) in [6, 6.07) is 5.33. The maximum Gasteiger partial charge on any atom is 0.337 e. The third-order valence-corrected chi connectivity index (χ3v) is 6.13. The van der Waals surface area contributed by atoms with E-state index in [0.717, 1.165) is 0 Å². The Morgan fingerprint density at radius 2 is 1.88 bits per heavy atom. The molecule has 8 heteroatoms. The molecule has 0 saturated heterocycles. The molecule has 1 aromatic carbocycles. The number of Topliss-reactive ketones (excluding diaryl/α,β-unsaturated/α-hetero) is 1. The van der Waals surface area contributed by atoms with E-state index in [2.05, 4.69) is 5.32 Å². The van der Waals surface area contributed by atoms with Crippen molar-refractivity contribution in [2.75, 3.05) is 20.8 Å². The number of rotatable bonds is 7. The van der Waals surface area contributed by atoms with Crippen LogP contribution in [0.3, 0.4) is 0 Å². The standard InChI is InChI=1S/C26H33NO7/c1-8-33-18-10-9-16(12-19(18)31-6)22-21(26(30)34-13(2)3)15(5)27-17-11-14(4)20(25(29)32-7)24(28)23(17)22/h9-10,12-14,20,22,27H,8,11H2,1-7H3/t14-,20+,22-/m1/s1. The van der Waals surface area contributed by atoms with Gasteiger partial charge in [-0.3, -0.25) is 9.59 Å². The Morgan fingerprint density at radius 3 is 2.47 bits per heavy atom. The molecule has 1 heterocycles. The van der Waals surface area contributed by atoms with Gasteiger partial charge in [0, 0.05) is 22.9 Å². The fourth-order valence-electron chi connectivity index (χ4n) is 4.70. The van der Waals surface area contributed by atoms with Crippen LogP contribution < -0.4 is 14.8 Å². The average Bonchev–Trinajstić information content (AvgIpc) is 2.77. The summed E-state index contributed by atoms with van der Waals surface area (Å²) in [7, 11) is 2.81. The predicted octanol–water partition coefficient (Wildman–Crippen LogP) is 3.66. The molecule has 0 bridgehead atoms. The van der Waals surface area contributed by atoms with E-state index >= 15 is 0 Å². The quantitative estimate of drug-likeness (QED) is 0.475. The second kappa shape index (κ2) is 10.3. The van der Waals surface area contributed by atoms with Crippen molar-refractivity contribution in [2.45, 2.75) is 53.1 Å². The van der Waals surface area contributed by atoms with Crippen molar-refractivity contribution in [3.05, 3.63) is 46.3 Å². The minimum absolute atomic E-state index is 0.251. The predicted molar refractivity (Wildman–Crippen MR) is 125 cm³/mol. The van der Waals surface area contributed by atoms with Crippen LogP contribution in [-0.4, -0.2) is 44.7 Å². The largest absolute Gasteiger partial charge is 0.493 e. The smallest absolute Gasteiger partial charge is 0.337 e. The first kappa shape index (κ1) is 25.3. The number of ether oxygens (including phenoxy) is 4. The van der Waals surface area contributed by atoms with Gasteiger partial charge in [-0.1, -0.05) is 13.0 Å². The van der Waals surface area contributed by atoms with Crippen molar-refractivity contribution < 1.29 is 33.3 Å². The van der Waals surface area contributed by atoms with Crippen LogP contribution in [0.15, 0.2) is 40.7 Å². The Morgan fingerprint density at radius 1 is 1.18 bits per heavy atom. The second-order valence-electron chi connectivity index (χ2n) is 8.83. The van der Waals surface area contributed by atoms with E-state index in [1.807, 2.05) is 19.9 Å². The second-order valence-corrected chi connectivity index (χ2v) is 8.83. The van der Waals surface area contributed by atoms with Crippen LogP contribution in [0, 0.1) is 11.8 Å². The number of nitrogens with one attached hydrogen (secondary N) is 1. The molecule has 3 atom stereocenters. The Bertz CT molecular complexity index is 1050. The van der Waals surface area contributed by atoms with Crippen molar-refractivity contribution in [3.8, 4) is 11.5 Å². The minimum Gasteiger partial charge on any atom is -0.493 e. The first-order valence-corrected chi connectivity index (χ1v) is 11.5. The highest BCUT2D eigenvalue weighted by Gasteiger charge is 2.47. The summed E-state index contributed by atoms with van der Waals surface area (Å²) in [5.74, 6) is -2.35. The van der Waals surface area contributed by atoms with E-state index in [1.54, 1.807) is 32.9 Å². The molecule has 0 saturated carbocycles. The molecular formula is C26H33NO7. The Hall–Kier alpha value is -3.29. The average molecular weight is 472 g/mol. The van der Waals surface area contributed by atoms with E-state index in [1.165, 1.54) is 14.2 Å². The number of dihydropyridines is 1. The summed E-state index contributed by atoms with van der Waals surface area (Å²) in [4.78, 5) is 39.5. The Labute approximate surface area is 200 Å². The maximum atomic E-state index is 13.7. The molecule has 184 valence electrons. The van der Waals surface area contributed by atoms with Gasteiger partial charge in [0.25, 0.3) is 0 Å². The molecule has 0 fully saturated rings. The van der Waals surface area contributed by atoms with Crippen LogP contribution in [0.2, 0.25) is 0 Å². The molecular weight excluding hydrogens is 438 g/mol. The number of methoxy groups -OCH3 is 2. The highest BCUT2D eigenvalue weighted by molar-refractivity contribution is 6.12. The van der Waals surface area contributed by atoms with Crippen LogP contribution in [0.25, 0.3) is 0 Å². The molecule has 0 aromatic heterocycles. The number of hydrogen-bond acceptors (Lipinski definition) is 8. The molecule has 34 heavy (non-hydrogen) atoms. The van der Waals surface area contributed by atoms with Gasteiger partial charge < -0.3 is 24.3 Å². The van der Waals surface area contributed by atoms with Crippen molar-refractivity contribution >= 4 is 17.7 Å². The van der Waals surface area contributed by atoms with Crippen LogP contribution >= 0.6 is 0 Å². The first-order valence-electron chi connectivity index (χ1n) is 11.5. The summed E-state index contributed by atoms with van der Waals surface area (Å²) in [6.07, 6.45) is 0.124. The van der Waals surface area contributed by atoms with Gasteiger partial charge in [0.2, 0.25) is 0 Å². The van der Waals surface area contributed by atoms with E-state index < -0.39 is 23.8 Å². The molecule has 1 aliphatic carbocycles. The van der Waals surface area contributed by atoms with E-state index in [0.29, 0.717) is 52.6 Å². The molecule has 8 nitrogen and oxygen atoms in total. The first-order chi connectivity index (χ1) is 16.1. The highest BCUT2D eigenvalue weighted by Crippen LogP contribution is 2.46. The highest BCUT2D eigenvalue weighted by atomic mass is 16.5. The molecule has 1 aromatic rings. The zero-order chi connectivity index (χ0) is 25.2. The van der Waals surface area contributed by atoms with Gasteiger partial charge in [-0.15, -0.1) is 0 Å². The number of carbonyl (C=O) groups excluding carboxylic acids is 3. The summed E-state index contributed by atoms with van der Waals surface area (Å²) < 4.78 is 21.6. The lowest BCUT2D eigenvalue weighted by atomic mass is 9.69. The maximum absolute atomic E-state index is 13.7. The van der Waals surface area contributed by atoms with Gasteiger partial charge in [0.1, 0.15) is 5.92 Å². The van der Waals surface area contributed by atoms with Crippen molar-refractivity contribution in [2.24, 2.45) is 11.8 Å². The zero-order valence-corrected chi connectivity index (χ0v) is 20.8. The monoisotopic (exact) mass is 471 g/mol. The third kappa shape index (κ3) is 4.67. The number of ketones is 1. The topological polar surface area (TPSA) is 100 Å². The Kier molecular flexibility index (Phi) is 7.69. The zero-order valence-electron chi connectivity index (χ0n) is 20.8. The summed E-state index contributed by atoms with van der Waals surface area (Å²) in [5, 5.41) is 3.25. The number of carbonyl (C=O) groups is 3. The number of allylic oxidation sites excluding steroid dienone is 3. The summed E-state index contributed by atoms with van der Waals surface area (Å²) in [6.45, 7) is 9.51. The molecule has 0 amide bonds.